The van der Waals surface area contributed by atoms with Crippen LogP contribution in [-0.2, 0) is 4.79 Å². The monoisotopic (exact) mass is 169 g/mol. The molecule has 64 valence electrons. The van der Waals surface area contributed by atoms with Crippen LogP contribution in [0.25, 0.3) is 5.57 Å². The van der Waals surface area contributed by atoms with E-state index in [0.717, 1.165) is 6.39 Å². The maximum atomic E-state index is 10.4. The van der Waals surface area contributed by atoms with Gasteiger partial charge in [-0.25, -0.2) is 4.79 Å². The molecule has 0 radical (unpaired) electrons. The average Bonchev–Trinajstić information content (AvgIpc) is 2.53. The van der Waals surface area contributed by atoms with Crippen LogP contribution < -0.4 is 5.73 Å². The molecule has 0 aliphatic rings. The Morgan fingerprint density at radius 1 is 1.75 bits per heavy atom. The molecule has 1 heterocycles. The molecule has 0 atom stereocenters. The Kier molecular flexibility index (Phi) is 2.09. The maximum Gasteiger partial charge on any atom is 0.352 e. The summed E-state index contributed by atoms with van der Waals surface area (Å²) < 4.78 is 4.74. The number of aromatic nitrogens is 2. The largest absolute Gasteiger partial charge is 0.477 e. The van der Waals surface area contributed by atoms with Crippen LogP contribution in [0, 0.1) is 0 Å². The van der Waals surface area contributed by atoms with Crippen molar-refractivity contribution in [2.75, 3.05) is 0 Å². The summed E-state index contributed by atoms with van der Waals surface area (Å²) in [7, 11) is 0. The Hall–Kier alpha value is -1.85. The molecule has 0 saturated heterocycles. The van der Waals surface area contributed by atoms with Gasteiger partial charge in [0.05, 0.1) is 0 Å². The van der Waals surface area contributed by atoms with E-state index in [-0.39, 0.29) is 17.2 Å². The Labute approximate surface area is 67.7 Å². The smallest absolute Gasteiger partial charge is 0.352 e. The molecule has 0 bridgehead atoms. The Morgan fingerprint density at radius 2 is 2.42 bits per heavy atom. The molecule has 0 fully saturated rings. The van der Waals surface area contributed by atoms with Crippen molar-refractivity contribution < 1.29 is 14.3 Å². The Bertz CT molecular complexity index is 315. The molecule has 0 saturated carbocycles. The van der Waals surface area contributed by atoms with Gasteiger partial charge in [-0.3, -0.25) is 0 Å². The molecule has 12 heavy (non-hydrogen) atoms. The first-order valence-corrected chi connectivity index (χ1v) is 3.09. The van der Waals surface area contributed by atoms with Gasteiger partial charge in [-0.2, -0.15) is 0 Å². The number of carboxylic acids is 1. The Balaban J connectivity index is 3.05. The van der Waals surface area contributed by atoms with E-state index in [9.17, 15) is 4.79 Å². The zero-order valence-electron chi connectivity index (χ0n) is 6.31. The highest BCUT2D eigenvalue weighted by Crippen LogP contribution is 2.11. The molecular weight excluding hydrogens is 162 g/mol. The van der Waals surface area contributed by atoms with E-state index in [1.807, 2.05) is 0 Å². The second-order valence-corrected chi connectivity index (χ2v) is 2.09. The van der Waals surface area contributed by atoms with Crippen LogP contribution in [0.4, 0.5) is 0 Å². The number of nitrogens with two attached hydrogens (primary N) is 1. The van der Waals surface area contributed by atoms with E-state index in [0.29, 0.717) is 0 Å². The van der Waals surface area contributed by atoms with E-state index in [1.165, 1.54) is 6.92 Å². The quantitative estimate of drug-likeness (QED) is 0.596. The molecule has 0 unspecified atom stereocenters. The minimum atomic E-state index is -1.20. The van der Waals surface area contributed by atoms with E-state index < -0.39 is 5.97 Å². The van der Waals surface area contributed by atoms with E-state index in [4.69, 9.17) is 15.3 Å². The van der Waals surface area contributed by atoms with Crippen molar-refractivity contribution in [2.24, 2.45) is 5.73 Å². The van der Waals surface area contributed by atoms with Crippen LogP contribution >= 0.6 is 0 Å². The minimum absolute atomic E-state index is 0.120. The van der Waals surface area contributed by atoms with Crippen molar-refractivity contribution in [3.05, 3.63) is 18.0 Å². The summed E-state index contributed by atoms with van der Waals surface area (Å²) in [4.78, 5) is 10.4. The zero-order valence-corrected chi connectivity index (χ0v) is 6.31. The van der Waals surface area contributed by atoms with Crippen molar-refractivity contribution in [3.8, 4) is 0 Å². The number of hydrogen-bond donors (Lipinski definition) is 2. The molecule has 0 aromatic carbocycles. The number of carbonyl (C=O) groups is 1. The van der Waals surface area contributed by atoms with Crippen molar-refractivity contribution in [1.82, 2.24) is 10.2 Å². The summed E-state index contributed by atoms with van der Waals surface area (Å²) in [5.41, 5.74) is 5.18. The fourth-order valence-corrected chi connectivity index (χ4v) is 0.612. The van der Waals surface area contributed by atoms with Crippen LogP contribution in [0.2, 0.25) is 0 Å². The molecule has 3 N–H and O–H groups in total. The molecule has 6 heteroatoms. The van der Waals surface area contributed by atoms with Gasteiger partial charge in [0.25, 0.3) is 0 Å². The first kappa shape index (κ1) is 8.25. The van der Waals surface area contributed by atoms with Crippen molar-refractivity contribution in [3.63, 3.8) is 0 Å². The number of nitrogens with zero attached hydrogens (tertiary/aromatic N) is 2. The van der Waals surface area contributed by atoms with E-state index >= 15 is 0 Å². The lowest BCUT2D eigenvalue weighted by Crippen LogP contribution is -2.12. The van der Waals surface area contributed by atoms with Gasteiger partial charge in [0.2, 0.25) is 12.3 Å². The third-order valence-corrected chi connectivity index (χ3v) is 1.32. The predicted octanol–water partition coefficient (Wildman–Crippen LogP) is -0.156. The molecule has 0 aliphatic carbocycles. The van der Waals surface area contributed by atoms with Crippen LogP contribution in [0.1, 0.15) is 12.8 Å². The van der Waals surface area contributed by atoms with Gasteiger partial charge in [-0.1, -0.05) is 0 Å². The summed E-state index contributed by atoms with van der Waals surface area (Å²) in [6.07, 6.45) is 1.11. The third-order valence-electron chi connectivity index (χ3n) is 1.32. The average molecular weight is 169 g/mol. The zero-order chi connectivity index (χ0) is 9.14. The molecule has 6 nitrogen and oxygen atoms in total. The molecule has 0 aliphatic heterocycles. The summed E-state index contributed by atoms with van der Waals surface area (Å²) in [5, 5.41) is 15.4. The fourth-order valence-electron chi connectivity index (χ4n) is 0.612. The first-order chi connectivity index (χ1) is 5.63. The summed E-state index contributed by atoms with van der Waals surface area (Å²) in [6.45, 7) is 1.50. The SMILES string of the molecule is C/C(=C(/N)C(=O)O)c1nnco1. The number of carboxylic acid groups (broad SMARTS) is 1. The van der Waals surface area contributed by atoms with Gasteiger partial charge in [0, 0.05) is 5.57 Å². The minimum Gasteiger partial charge on any atom is -0.477 e. The molecule has 1 aromatic heterocycles. The number of hydrogen-bond acceptors (Lipinski definition) is 5. The van der Waals surface area contributed by atoms with Gasteiger partial charge < -0.3 is 15.3 Å². The van der Waals surface area contributed by atoms with Gasteiger partial charge in [0.1, 0.15) is 5.70 Å². The highest BCUT2D eigenvalue weighted by Gasteiger charge is 2.11. The highest BCUT2D eigenvalue weighted by atomic mass is 16.4. The van der Waals surface area contributed by atoms with E-state index in [1.54, 1.807) is 0 Å². The lowest BCUT2D eigenvalue weighted by Gasteiger charge is -1.96. The first-order valence-electron chi connectivity index (χ1n) is 3.09. The van der Waals surface area contributed by atoms with Crippen molar-refractivity contribution in [1.29, 1.82) is 0 Å². The molecule has 1 aromatic rings. The number of allylic oxidation sites excluding steroid dienone is 1. The molecular formula is C6H7N3O3. The van der Waals surface area contributed by atoms with E-state index in [2.05, 4.69) is 10.2 Å². The second kappa shape index (κ2) is 3.04. The van der Waals surface area contributed by atoms with Gasteiger partial charge in [0.15, 0.2) is 0 Å². The van der Waals surface area contributed by atoms with Gasteiger partial charge in [-0.05, 0) is 6.92 Å². The standard InChI is InChI=1S/C6H7N3O3/c1-3(4(7)6(10)11)5-9-8-2-12-5/h2H,7H2,1H3,(H,10,11)/b4-3-. The fraction of sp³-hybridized carbons (Fsp3) is 0.167. The summed E-state index contributed by atoms with van der Waals surface area (Å²) in [5.74, 6) is -1.08. The molecule has 0 spiro atoms. The number of rotatable bonds is 2. The van der Waals surface area contributed by atoms with Crippen LogP contribution in [0.5, 0.6) is 0 Å². The third kappa shape index (κ3) is 1.42. The van der Waals surface area contributed by atoms with Crippen LogP contribution in [-0.4, -0.2) is 21.3 Å². The second-order valence-electron chi connectivity index (χ2n) is 2.09. The summed E-state index contributed by atoms with van der Waals surface area (Å²) in [6, 6.07) is 0. The lowest BCUT2D eigenvalue weighted by atomic mass is 10.2. The van der Waals surface area contributed by atoms with Gasteiger partial charge >= 0.3 is 5.97 Å². The lowest BCUT2D eigenvalue weighted by molar-refractivity contribution is -0.132. The van der Waals surface area contributed by atoms with Gasteiger partial charge in [-0.15, -0.1) is 10.2 Å². The Morgan fingerprint density at radius 3 is 2.83 bits per heavy atom. The van der Waals surface area contributed by atoms with Crippen LogP contribution in [0.3, 0.4) is 0 Å². The normalized spacial score (nSPS) is 12.4. The summed E-state index contributed by atoms with van der Waals surface area (Å²) >= 11 is 0. The highest BCUT2D eigenvalue weighted by molar-refractivity contribution is 5.93. The van der Waals surface area contributed by atoms with Crippen molar-refractivity contribution >= 4 is 11.5 Å². The topological polar surface area (TPSA) is 102 Å². The maximum absolute atomic E-state index is 10.4. The molecule has 0 amide bonds. The molecule has 1 rings (SSSR count). The predicted molar refractivity (Wildman–Crippen MR) is 38.7 cm³/mol. The number of aliphatic carboxylic acids is 1. The van der Waals surface area contributed by atoms with Crippen molar-refractivity contribution in [2.45, 2.75) is 6.92 Å². The van der Waals surface area contributed by atoms with Crippen LogP contribution in [0.15, 0.2) is 16.5 Å².